The number of carboxylic acid groups (broad SMARTS) is 1. The van der Waals surface area contributed by atoms with Gasteiger partial charge in [0.1, 0.15) is 40.9 Å². The van der Waals surface area contributed by atoms with E-state index in [-0.39, 0.29) is 18.8 Å². The van der Waals surface area contributed by atoms with Crippen molar-refractivity contribution in [1.29, 1.82) is 0 Å². The number of benzene rings is 3. The maximum Gasteiger partial charge on any atom is 0.435 e. The van der Waals surface area contributed by atoms with Crippen LogP contribution in [0.15, 0.2) is 53.5 Å². The van der Waals surface area contributed by atoms with E-state index < -0.39 is 29.4 Å². The number of hydrogen-bond acceptors (Lipinski definition) is 17. The number of carboxylic acids is 1. The lowest BCUT2D eigenvalue weighted by atomic mass is 10.1. The van der Waals surface area contributed by atoms with Gasteiger partial charge in [0.2, 0.25) is 0 Å². The van der Waals surface area contributed by atoms with E-state index in [1.54, 1.807) is 41.5 Å². The first-order valence-corrected chi connectivity index (χ1v) is 29.7. The number of nitrogens with one attached hydrogen (secondary N) is 4. The predicted octanol–water partition coefficient (Wildman–Crippen LogP) is 8.99. The SMILES string of the molecule is CC(C)(C)OC(=O)/N=C(/CNCc1ccc(OCCOCCOCCOCCOCCOCCOCCNCCCNCCCOc2c(I)cc(Oc3c(I)cc(CC(=O)O)cc3I)cc2I)cc1)NC(=O)OC(C)(C)C. The quantitative estimate of drug-likeness (QED) is 0.0155. The predicted molar refractivity (Wildman–Crippen MR) is 327 cm³/mol. The van der Waals surface area contributed by atoms with Gasteiger partial charge in [-0.1, -0.05) is 12.1 Å². The van der Waals surface area contributed by atoms with Crippen molar-refractivity contribution >= 4 is 114 Å². The fourth-order valence-corrected chi connectivity index (χ4v) is 10.5. The number of aliphatic carboxylic acids is 1. The van der Waals surface area contributed by atoms with Crippen LogP contribution in [0.3, 0.4) is 0 Å². The first-order valence-electron chi connectivity index (χ1n) is 25.4. The largest absolute Gasteiger partial charge is 0.491 e. The molecule has 0 heterocycles. The Morgan fingerprint density at radius 2 is 1.00 bits per heavy atom. The zero-order valence-electron chi connectivity index (χ0n) is 45.0. The minimum absolute atomic E-state index is 0.0252. The Morgan fingerprint density at radius 1 is 0.519 bits per heavy atom. The van der Waals surface area contributed by atoms with Crippen molar-refractivity contribution in [3.05, 3.63) is 73.9 Å². The molecular formula is C53H77I4N5O15. The number of amidine groups is 1. The van der Waals surface area contributed by atoms with Crippen molar-refractivity contribution in [3.8, 4) is 23.0 Å². The number of aliphatic imine (C=N–C) groups is 1. The molecule has 5 N–H and O–H groups in total. The Labute approximate surface area is 508 Å². The topological polar surface area (TPSA) is 233 Å². The van der Waals surface area contributed by atoms with Gasteiger partial charge in [0.15, 0.2) is 5.75 Å². The van der Waals surface area contributed by atoms with Gasteiger partial charge in [0.25, 0.3) is 0 Å². The van der Waals surface area contributed by atoms with Crippen molar-refractivity contribution < 1.29 is 71.6 Å². The Bertz CT molecular complexity index is 2170. The molecule has 0 spiro atoms. The molecule has 0 aliphatic carbocycles. The number of ether oxygens (including phenoxy) is 11. The van der Waals surface area contributed by atoms with Gasteiger partial charge in [0, 0.05) is 13.1 Å². The highest BCUT2D eigenvalue weighted by Crippen LogP contribution is 2.37. The number of halogens is 4. The molecule has 3 rings (SSSR count). The van der Waals surface area contributed by atoms with Crippen LogP contribution in [-0.4, -0.2) is 166 Å². The Morgan fingerprint density at radius 3 is 1.52 bits per heavy atom. The minimum atomic E-state index is -0.861. The Kier molecular flexibility index (Phi) is 35.6. The lowest BCUT2D eigenvalue weighted by Crippen LogP contribution is -2.41. The van der Waals surface area contributed by atoms with E-state index in [1.165, 1.54) is 0 Å². The summed E-state index contributed by atoms with van der Waals surface area (Å²) in [5.41, 5.74) is 0.252. The Hall–Kier alpha value is -2.50. The number of rotatable bonds is 39. The molecule has 3 aromatic rings. The van der Waals surface area contributed by atoms with Gasteiger partial charge < -0.3 is 73.2 Å². The maximum absolute atomic E-state index is 12.3. The van der Waals surface area contributed by atoms with Gasteiger partial charge >= 0.3 is 18.2 Å². The van der Waals surface area contributed by atoms with E-state index in [9.17, 15) is 14.4 Å². The highest BCUT2D eigenvalue weighted by atomic mass is 127. The third kappa shape index (κ3) is 34.4. The van der Waals surface area contributed by atoms with Crippen LogP contribution in [0.1, 0.15) is 65.5 Å². The lowest BCUT2D eigenvalue weighted by molar-refractivity contribution is -0.136. The summed E-state index contributed by atoms with van der Waals surface area (Å²) in [6, 6.07) is 15.1. The fourth-order valence-electron chi connectivity index (χ4n) is 6.32. The third-order valence-corrected chi connectivity index (χ3v) is 12.9. The molecule has 0 aliphatic heterocycles. The van der Waals surface area contributed by atoms with Crippen LogP contribution in [-0.2, 0) is 55.7 Å². The van der Waals surface area contributed by atoms with Gasteiger partial charge in [-0.05, 0) is 212 Å². The minimum Gasteiger partial charge on any atom is -0.491 e. The Balaban J connectivity index is 1.04. The van der Waals surface area contributed by atoms with Crippen LogP contribution in [0.4, 0.5) is 9.59 Å². The third-order valence-electron chi connectivity index (χ3n) is 9.65. The number of nitrogens with zero attached hydrogens (tertiary/aromatic N) is 1. The normalized spacial score (nSPS) is 11.9. The molecule has 0 bridgehead atoms. The fraction of sp³-hybridized carbons (Fsp3) is 0.585. The van der Waals surface area contributed by atoms with Crippen LogP contribution in [0.25, 0.3) is 0 Å². The van der Waals surface area contributed by atoms with Gasteiger partial charge in [0.05, 0.1) is 113 Å². The number of alkyl carbamates (subject to hydrolysis) is 1. The van der Waals surface area contributed by atoms with Crippen molar-refractivity contribution in [2.24, 2.45) is 4.99 Å². The molecule has 77 heavy (non-hydrogen) atoms. The smallest absolute Gasteiger partial charge is 0.435 e. The molecule has 432 valence electrons. The first-order chi connectivity index (χ1) is 36.8. The average Bonchev–Trinajstić information content (AvgIpc) is 3.33. The monoisotopic (exact) mass is 1530 g/mol. The molecule has 0 unspecified atom stereocenters. The molecule has 0 saturated carbocycles. The molecule has 0 atom stereocenters. The lowest BCUT2D eigenvalue weighted by Gasteiger charge is -2.21. The highest BCUT2D eigenvalue weighted by molar-refractivity contribution is 14.1. The van der Waals surface area contributed by atoms with Crippen LogP contribution in [0.2, 0.25) is 0 Å². The van der Waals surface area contributed by atoms with Crippen LogP contribution < -0.4 is 35.5 Å². The van der Waals surface area contributed by atoms with E-state index in [2.05, 4.69) is 117 Å². The van der Waals surface area contributed by atoms with Gasteiger partial charge in [-0.3, -0.25) is 10.1 Å². The van der Waals surface area contributed by atoms with Crippen LogP contribution >= 0.6 is 90.4 Å². The summed E-state index contributed by atoms with van der Waals surface area (Å²) in [5.74, 6) is 2.17. The van der Waals surface area contributed by atoms with Crippen molar-refractivity contribution in [2.45, 2.75) is 78.6 Å². The molecule has 3 aromatic carbocycles. The molecule has 0 fully saturated rings. The molecule has 2 amide bonds. The zero-order valence-corrected chi connectivity index (χ0v) is 53.6. The summed E-state index contributed by atoms with van der Waals surface area (Å²) in [6.07, 6.45) is 0.335. The summed E-state index contributed by atoms with van der Waals surface area (Å²) >= 11 is 8.90. The number of carbonyl (C=O) groups is 3. The summed E-state index contributed by atoms with van der Waals surface area (Å²) in [7, 11) is 0. The molecule has 0 aliphatic rings. The van der Waals surface area contributed by atoms with E-state index in [1.807, 2.05) is 48.5 Å². The summed E-state index contributed by atoms with van der Waals surface area (Å²) in [5, 5.41) is 21.7. The van der Waals surface area contributed by atoms with Gasteiger partial charge in [-0.2, -0.15) is 4.99 Å². The first kappa shape index (κ1) is 68.8. The van der Waals surface area contributed by atoms with E-state index in [0.29, 0.717) is 116 Å². The molecular weight excluding hydrogens is 1450 g/mol. The van der Waals surface area contributed by atoms with Crippen LogP contribution in [0, 0.1) is 14.3 Å². The maximum atomic E-state index is 12.3. The van der Waals surface area contributed by atoms with Gasteiger partial charge in [-0.15, -0.1) is 0 Å². The number of amides is 2. The van der Waals surface area contributed by atoms with E-state index >= 15 is 0 Å². The summed E-state index contributed by atoms with van der Waals surface area (Å²) < 4.78 is 65.9. The highest BCUT2D eigenvalue weighted by Gasteiger charge is 2.21. The second-order valence-electron chi connectivity index (χ2n) is 18.8. The second kappa shape index (κ2) is 39.8. The van der Waals surface area contributed by atoms with Gasteiger partial charge in [-0.25, -0.2) is 9.59 Å². The summed E-state index contributed by atoms with van der Waals surface area (Å²) in [6.45, 7) is 21.2. The van der Waals surface area contributed by atoms with E-state index in [4.69, 9.17) is 57.2 Å². The molecule has 20 nitrogen and oxygen atoms in total. The molecule has 0 radical (unpaired) electrons. The van der Waals surface area contributed by atoms with Crippen molar-refractivity contribution in [3.63, 3.8) is 0 Å². The second-order valence-corrected chi connectivity index (χ2v) is 23.4. The molecule has 0 saturated heterocycles. The van der Waals surface area contributed by atoms with E-state index in [0.717, 1.165) is 70.2 Å². The van der Waals surface area contributed by atoms with Crippen LogP contribution in [0.5, 0.6) is 23.0 Å². The number of carbonyl (C=O) groups excluding carboxylic acids is 2. The zero-order chi connectivity index (χ0) is 56.3. The molecule has 0 aromatic heterocycles. The summed E-state index contributed by atoms with van der Waals surface area (Å²) in [4.78, 5) is 39.7. The van der Waals surface area contributed by atoms with Crippen molar-refractivity contribution in [1.82, 2.24) is 21.3 Å². The standard InChI is InChI=1S/C53H77I4N5O15/c1-52(2,3)76-50(65)61-46(62-51(66)77-53(4,5)6)37-60-36-38-9-11-40(12-10-38)73-30-29-72-28-27-71-26-25-70-24-23-69-22-21-68-20-19-67-18-16-59-14-7-13-58-15-8-17-74-48-44(56)34-41(35-45(48)57)75-49-42(54)31-39(32-43(49)55)33-47(63)64/h9-12,31-32,34-35,58-60H,7-8,13-30,33,36-37H2,1-6H3,(H,63,64)(H,61,62,65,66). The molecule has 24 heteroatoms. The average molecular weight is 1530 g/mol. The van der Waals surface area contributed by atoms with Crippen molar-refractivity contribution in [2.75, 3.05) is 125 Å². The number of hydrogen-bond donors (Lipinski definition) is 5.